The number of nitrogens with zero attached hydrogens (tertiary/aromatic N) is 1. The van der Waals surface area contributed by atoms with E-state index in [0.29, 0.717) is 6.42 Å². The molecule has 0 unspecified atom stereocenters. The molecule has 0 aliphatic heterocycles. The van der Waals surface area contributed by atoms with Gasteiger partial charge < -0.3 is 0 Å². The molecular formula is C11H13BrNO. The zero-order chi connectivity index (χ0) is 10.4. The zero-order valence-corrected chi connectivity index (χ0v) is 9.75. The molecule has 14 heavy (non-hydrogen) atoms. The fraction of sp³-hybridized carbons (Fsp3) is 0.364. The first-order valence-electron chi connectivity index (χ1n) is 4.70. The van der Waals surface area contributed by atoms with E-state index in [-0.39, 0.29) is 5.91 Å². The first-order valence-corrected chi connectivity index (χ1v) is 5.41. The maximum absolute atomic E-state index is 11.6. The molecule has 2 nitrogen and oxygen atoms in total. The van der Waals surface area contributed by atoms with Crippen molar-refractivity contribution in [2.45, 2.75) is 26.2 Å². The lowest BCUT2D eigenvalue weighted by molar-refractivity contribution is -0.117. The number of rotatable bonds is 4. The van der Waals surface area contributed by atoms with Crippen molar-refractivity contribution in [3.05, 3.63) is 30.3 Å². The highest BCUT2D eigenvalue weighted by Gasteiger charge is 2.10. The fourth-order valence-electron chi connectivity index (χ4n) is 1.08. The molecule has 75 valence electrons. The van der Waals surface area contributed by atoms with Crippen molar-refractivity contribution in [2.24, 2.45) is 0 Å². The van der Waals surface area contributed by atoms with Crippen molar-refractivity contribution >= 4 is 27.7 Å². The third-order valence-corrected chi connectivity index (χ3v) is 2.70. The Balaban J connectivity index is 2.57. The second-order valence-electron chi connectivity index (χ2n) is 3.04. The molecule has 1 rings (SSSR count). The molecule has 0 aliphatic rings. The van der Waals surface area contributed by atoms with Gasteiger partial charge in [0.25, 0.3) is 0 Å². The third-order valence-electron chi connectivity index (χ3n) is 1.89. The fourth-order valence-corrected chi connectivity index (χ4v) is 1.49. The van der Waals surface area contributed by atoms with Crippen LogP contribution in [0.5, 0.6) is 0 Å². The molecule has 0 saturated heterocycles. The molecule has 3 heteroatoms. The minimum atomic E-state index is 0.0954. The molecule has 1 radical (unpaired) electrons. The molecule has 0 N–H and O–H groups in total. The number of amides is 1. The lowest BCUT2D eigenvalue weighted by Crippen LogP contribution is -2.19. The number of anilines is 1. The minimum absolute atomic E-state index is 0.0954. The van der Waals surface area contributed by atoms with E-state index in [9.17, 15) is 4.79 Å². The Kier molecular flexibility index (Phi) is 4.66. The van der Waals surface area contributed by atoms with Gasteiger partial charge in [0.2, 0.25) is 5.91 Å². The number of benzene rings is 1. The summed E-state index contributed by atoms with van der Waals surface area (Å²) in [5.41, 5.74) is 0.852. The van der Waals surface area contributed by atoms with Crippen LogP contribution in [0.15, 0.2) is 24.3 Å². The maximum atomic E-state index is 11.6. The van der Waals surface area contributed by atoms with Crippen molar-refractivity contribution in [3.8, 4) is 0 Å². The summed E-state index contributed by atoms with van der Waals surface area (Å²) in [7, 11) is 0. The van der Waals surface area contributed by atoms with Gasteiger partial charge >= 0.3 is 0 Å². The Labute approximate surface area is 93.3 Å². The number of hydrogen-bond donors (Lipinski definition) is 0. The van der Waals surface area contributed by atoms with Crippen LogP contribution in [0.4, 0.5) is 5.69 Å². The van der Waals surface area contributed by atoms with Crippen molar-refractivity contribution in [3.63, 3.8) is 0 Å². The van der Waals surface area contributed by atoms with E-state index >= 15 is 0 Å². The first-order chi connectivity index (χ1) is 6.75. The van der Waals surface area contributed by atoms with Crippen LogP contribution in [0.25, 0.3) is 0 Å². The van der Waals surface area contributed by atoms with Gasteiger partial charge in [0.1, 0.15) is 0 Å². The van der Waals surface area contributed by atoms with E-state index in [4.69, 9.17) is 0 Å². The summed E-state index contributed by atoms with van der Waals surface area (Å²) in [5.74, 6) is 0.0954. The number of halogens is 1. The van der Waals surface area contributed by atoms with Crippen LogP contribution in [0.1, 0.15) is 26.2 Å². The smallest absolute Gasteiger partial charge is 0.237 e. The molecular weight excluding hydrogens is 242 g/mol. The first kappa shape index (κ1) is 11.2. The molecule has 1 aromatic carbocycles. The summed E-state index contributed by atoms with van der Waals surface area (Å²) in [6, 6.07) is 10.2. The molecule has 0 fully saturated rings. The van der Waals surface area contributed by atoms with E-state index in [0.717, 1.165) is 18.5 Å². The summed E-state index contributed by atoms with van der Waals surface area (Å²) in [6.07, 6.45) is 2.55. The SMILES string of the molecule is CCCCC(=O)N(Br)c1cc[c]cc1. The maximum Gasteiger partial charge on any atom is 0.237 e. The van der Waals surface area contributed by atoms with E-state index in [1.807, 2.05) is 12.1 Å². The van der Waals surface area contributed by atoms with Crippen LogP contribution in [-0.4, -0.2) is 5.91 Å². The number of hydrogen-bond acceptors (Lipinski definition) is 1. The van der Waals surface area contributed by atoms with Crippen LogP contribution in [0.3, 0.4) is 0 Å². The lowest BCUT2D eigenvalue weighted by atomic mass is 10.2. The molecule has 0 aliphatic carbocycles. The average Bonchev–Trinajstić information content (AvgIpc) is 2.26. The van der Waals surface area contributed by atoms with Gasteiger partial charge in [0.05, 0.1) is 21.8 Å². The van der Waals surface area contributed by atoms with Gasteiger partial charge in [0, 0.05) is 6.42 Å². The van der Waals surface area contributed by atoms with Crippen molar-refractivity contribution in [1.29, 1.82) is 0 Å². The summed E-state index contributed by atoms with van der Waals surface area (Å²) >= 11 is 3.25. The van der Waals surface area contributed by atoms with Crippen molar-refractivity contribution < 1.29 is 4.79 Å². The van der Waals surface area contributed by atoms with Gasteiger partial charge in [-0.05, 0) is 24.6 Å². The molecule has 1 aromatic rings. The average molecular weight is 255 g/mol. The van der Waals surface area contributed by atoms with Gasteiger partial charge in [-0.3, -0.25) is 4.79 Å². The van der Waals surface area contributed by atoms with Crippen LogP contribution in [0.2, 0.25) is 0 Å². The molecule has 0 aromatic heterocycles. The predicted octanol–water partition coefficient (Wildman–Crippen LogP) is 3.32. The van der Waals surface area contributed by atoms with Gasteiger partial charge in [0.15, 0.2) is 0 Å². The lowest BCUT2D eigenvalue weighted by Gasteiger charge is -2.13. The van der Waals surface area contributed by atoms with Gasteiger partial charge in [-0.2, -0.15) is 0 Å². The normalized spacial score (nSPS) is 9.86. The molecule has 0 saturated carbocycles. The Hall–Kier alpha value is -0.830. The van der Waals surface area contributed by atoms with Gasteiger partial charge in [-0.1, -0.05) is 25.5 Å². The van der Waals surface area contributed by atoms with Gasteiger partial charge in [-0.25, -0.2) is 3.93 Å². The summed E-state index contributed by atoms with van der Waals surface area (Å²) in [4.78, 5) is 11.6. The molecule has 0 atom stereocenters. The van der Waals surface area contributed by atoms with E-state index in [1.165, 1.54) is 3.93 Å². The minimum Gasteiger partial charge on any atom is -0.274 e. The standard InChI is InChI=1S/C11H13BrNO/c1-2-3-9-11(14)13(12)10-7-5-4-6-8-10/h5-8H,2-3,9H2,1H3. The van der Waals surface area contributed by atoms with Gasteiger partial charge in [-0.15, -0.1) is 0 Å². The highest BCUT2D eigenvalue weighted by molar-refractivity contribution is 9.10. The molecule has 0 bridgehead atoms. The Morgan fingerprint density at radius 1 is 1.50 bits per heavy atom. The third kappa shape index (κ3) is 3.14. The topological polar surface area (TPSA) is 20.3 Å². The Morgan fingerprint density at radius 2 is 2.14 bits per heavy atom. The second-order valence-corrected chi connectivity index (χ2v) is 3.75. The largest absolute Gasteiger partial charge is 0.274 e. The summed E-state index contributed by atoms with van der Waals surface area (Å²) < 4.78 is 1.51. The predicted molar refractivity (Wildman–Crippen MR) is 61.2 cm³/mol. The monoisotopic (exact) mass is 254 g/mol. The van der Waals surface area contributed by atoms with Crippen LogP contribution < -0.4 is 3.93 Å². The highest BCUT2D eigenvalue weighted by atomic mass is 79.9. The molecule has 0 heterocycles. The van der Waals surface area contributed by atoms with E-state index in [1.54, 1.807) is 12.1 Å². The number of unbranched alkanes of at least 4 members (excludes halogenated alkanes) is 1. The van der Waals surface area contributed by atoms with E-state index < -0.39 is 0 Å². The van der Waals surface area contributed by atoms with Crippen LogP contribution in [0, 0.1) is 6.07 Å². The molecule has 1 amide bonds. The van der Waals surface area contributed by atoms with Crippen LogP contribution >= 0.6 is 16.1 Å². The van der Waals surface area contributed by atoms with E-state index in [2.05, 4.69) is 29.1 Å². The van der Waals surface area contributed by atoms with Crippen LogP contribution in [-0.2, 0) is 4.79 Å². The van der Waals surface area contributed by atoms with Crippen molar-refractivity contribution in [2.75, 3.05) is 3.93 Å². The van der Waals surface area contributed by atoms with Crippen molar-refractivity contribution in [1.82, 2.24) is 0 Å². The molecule has 0 spiro atoms. The Bertz CT molecular complexity index is 287. The number of carbonyl (C=O) groups is 1. The zero-order valence-electron chi connectivity index (χ0n) is 8.16. The quantitative estimate of drug-likeness (QED) is 0.756. The Morgan fingerprint density at radius 3 is 2.71 bits per heavy atom. The summed E-state index contributed by atoms with van der Waals surface area (Å²) in [5, 5.41) is 0. The number of carbonyl (C=O) groups excluding carboxylic acids is 1. The highest BCUT2D eigenvalue weighted by Crippen LogP contribution is 2.18. The second kappa shape index (κ2) is 5.81. The summed E-state index contributed by atoms with van der Waals surface area (Å²) in [6.45, 7) is 2.07.